The van der Waals surface area contributed by atoms with E-state index in [2.05, 4.69) is 165 Å². The summed E-state index contributed by atoms with van der Waals surface area (Å²) >= 11 is 0. The average Bonchev–Trinajstić information content (AvgIpc) is 3.69. The lowest BCUT2D eigenvalue weighted by Gasteiger charge is -2.27. The van der Waals surface area contributed by atoms with Crippen molar-refractivity contribution < 1.29 is 31.4 Å². The number of amides is 3. The number of nitrogens with zero attached hydrogens (tertiary/aromatic N) is 3. The van der Waals surface area contributed by atoms with E-state index in [-0.39, 0.29) is 54.0 Å². The molecule has 1 N–H and O–H groups in total. The summed E-state index contributed by atoms with van der Waals surface area (Å²) in [4.78, 5) is 39.6. The van der Waals surface area contributed by atoms with Crippen LogP contribution in [0.4, 0.5) is 11.4 Å². The molecule has 3 aliphatic heterocycles. The van der Waals surface area contributed by atoms with Gasteiger partial charge in [0.1, 0.15) is 7.05 Å². The van der Waals surface area contributed by atoms with Crippen LogP contribution in [-0.4, -0.2) is 59.6 Å². The Morgan fingerprint density at radius 1 is 0.696 bits per heavy atom. The van der Waals surface area contributed by atoms with Gasteiger partial charge in [-0.05, 0) is 72.0 Å². The molecule has 3 heterocycles. The Labute approximate surface area is 336 Å². The molecule has 0 saturated carbocycles. The molecule has 0 fully saturated rings. The van der Waals surface area contributed by atoms with Crippen LogP contribution >= 0.6 is 0 Å². The number of imide groups is 1. The second kappa shape index (κ2) is 16.7. The van der Waals surface area contributed by atoms with Crippen LogP contribution in [0.1, 0.15) is 64.5 Å². The SMILES string of the molecule is C[N+]1=C(C=CC=CC=CC=C2N(CCCCCC(=O)NCCN3C(=O)C=CC3=O)c3ccc4ccccc4c3C2(C)C)C(C)(C)c2c1ccc1ccccc21.[Cl-]. The van der Waals surface area contributed by atoms with E-state index in [0.717, 1.165) is 30.7 Å². The quantitative estimate of drug-likeness (QED) is 0.0791. The Bertz CT molecular complexity index is 2360. The standard InChI is InChI=1S/C48H50N4O3.ClH/c1-47(2)40(50(5)38-27-25-34-18-13-15-20-36(34)45(38)47)22-10-7-6-8-11-23-41-48(3,4)46-37-21-16-14-19-35(37)26-28-39(46)51(41)32-17-9-12-24-42(53)49-31-33-52-43(54)29-30-44(52)55;/h6-8,10-11,13-16,18-23,25-30H,9,12,17,24,31-33H2,1-5H3;1H. The third kappa shape index (κ3) is 7.65. The van der Waals surface area contributed by atoms with Crippen molar-refractivity contribution in [3.05, 3.63) is 144 Å². The lowest BCUT2D eigenvalue weighted by atomic mass is 9.79. The first-order valence-corrected chi connectivity index (χ1v) is 19.5. The number of benzene rings is 4. The number of carbonyl (C=O) groups excluding carboxylic acids is 3. The van der Waals surface area contributed by atoms with Gasteiger partial charge in [-0.2, -0.15) is 4.58 Å². The summed E-state index contributed by atoms with van der Waals surface area (Å²) < 4.78 is 2.32. The van der Waals surface area contributed by atoms with Crippen LogP contribution < -0.4 is 22.6 Å². The normalized spacial score (nSPS) is 17.8. The van der Waals surface area contributed by atoms with Gasteiger partial charge in [-0.1, -0.05) is 105 Å². The molecule has 7 rings (SSSR count). The Hall–Kier alpha value is -5.53. The lowest BCUT2D eigenvalue weighted by Crippen LogP contribution is -3.00. The first kappa shape index (κ1) is 40.1. The maximum absolute atomic E-state index is 12.5. The van der Waals surface area contributed by atoms with E-state index < -0.39 is 0 Å². The third-order valence-corrected chi connectivity index (χ3v) is 11.4. The zero-order valence-corrected chi connectivity index (χ0v) is 33.8. The summed E-state index contributed by atoms with van der Waals surface area (Å²) in [7, 11) is 2.16. The largest absolute Gasteiger partial charge is 1.00 e. The summed E-state index contributed by atoms with van der Waals surface area (Å²) in [6, 6.07) is 26.2. The summed E-state index contributed by atoms with van der Waals surface area (Å²) in [5.74, 6) is -0.719. The lowest BCUT2D eigenvalue weighted by molar-refractivity contribution is -0.401. The molecule has 0 bridgehead atoms. The number of hydrogen-bond donors (Lipinski definition) is 1. The molecule has 4 aromatic carbocycles. The first-order valence-electron chi connectivity index (χ1n) is 19.5. The van der Waals surface area contributed by atoms with Crippen molar-refractivity contribution >= 4 is 56.4 Å². The highest BCUT2D eigenvalue weighted by Gasteiger charge is 2.44. The number of rotatable bonds is 13. The Balaban J connectivity index is 0.00000532. The van der Waals surface area contributed by atoms with Gasteiger partial charge in [-0.25, -0.2) is 0 Å². The second-order valence-corrected chi connectivity index (χ2v) is 15.7. The van der Waals surface area contributed by atoms with Crippen molar-refractivity contribution in [1.82, 2.24) is 10.2 Å². The van der Waals surface area contributed by atoms with Gasteiger partial charge in [-0.3, -0.25) is 19.3 Å². The number of allylic oxidation sites excluding steroid dienone is 8. The Morgan fingerprint density at radius 3 is 2.04 bits per heavy atom. The molecule has 0 radical (unpaired) electrons. The zero-order valence-electron chi connectivity index (χ0n) is 33.0. The minimum atomic E-state index is -0.330. The Kier molecular flexibility index (Phi) is 12.0. The zero-order chi connectivity index (χ0) is 38.7. The minimum absolute atomic E-state index is 0. The highest BCUT2D eigenvalue weighted by molar-refractivity contribution is 6.13. The molecular weight excluding hydrogens is 716 g/mol. The van der Waals surface area contributed by atoms with Gasteiger partial charge in [0.25, 0.3) is 11.8 Å². The number of carbonyl (C=O) groups is 3. The molecule has 0 aromatic heterocycles. The molecule has 0 aliphatic carbocycles. The van der Waals surface area contributed by atoms with Crippen LogP contribution in [-0.2, 0) is 25.2 Å². The number of anilines is 1. The maximum atomic E-state index is 12.5. The van der Waals surface area contributed by atoms with Crippen LogP contribution in [0, 0.1) is 0 Å². The van der Waals surface area contributed by atoms with Crippen LogP contribution in [0.15, 0.2) is 133 Å². The van der Waals surface area contributed by atoms with Crippen molar-refractivity contribution in [3.8, 4) is 0 Å². The smallest absolute Gasteiger partial charge is 0.253 e. The van der Waals surface area contributed by atoms with Gasteiger partial charge in [0.15, 0.2) is 5.71 Å². The van der Waals surface area contributed by atoms with E-state index in [1.54, 1.807) is 0 Å². The molecule has 4 aromatic rings. The van der Waals surface area contributed by atoms with E-state index in [4.69, 9.17) is 0 Å². The van der Waals surface area contributed by atoms with Crippen LogP contribution in [0.3, 0.4) is 0 Å². The third-order valence-electron chi connectivity index (χ3n) is 11.4. The summed E-state index contributed by atoms with van der Waals surface area (Å²) in [6.07, 6.45) is 20.6. The number of hydrogen-bond acceptors (Lipinski definition) is 4. The molecule has 288 valence electrons. The fraction of sp³-hybridized carbons (Fsp3) is 0.292. The van der Waals surface area contributed by atoms with Gasteiger partial charge in [0.2, 0.25) is 11.6 Å². The van der Waals surface area contributed by atoms with Crippen molar-refractivity contribution in [3.63, 3.8) is 0 Å². The topological polar surface area (TPSA) is 72.7 Å². The molecule has 0 unspecified atom stereocenters. The van der Waals surface area contributed by atoms with Crippen molar-refractivity contribution in [2.24, 2.45) is 0 Å². The number of halogens is 1. The van der Waals surface area contributed by atoms with Gasteiger partial charge in [0.05, 0.1) is 5.41 Å². The average molecular weight is 767 g/mol. The van der Waals surface area contributed by atoms with Crippen molar-refractivity contribution in [2.75, 3.05) is 31.6 Å². The van der Waals surface area contributed by atoms with E-state index >= 15 is 0 Å². The van der Waals surface area contributed by atoms with Crippen molar-refractivity contribution in [2.45, 2.75) is 64.2 Å². The summed E-state index contributed by atoms with van der Waals surface area (Å²) in [6.45, 7) is 10.6. The molecule has 0 spiro atoms. The van der Waals surface area contributed by atoms with Crippen LogP contribution in [0.5, 0.6) is 0 Å². The number of fused-ring (bicyclic) bond motifs is 6. The molecule has 8 heteroatoms. The predicted molar refractivity (Wildman–Crippen MR) is 225 cm³/mol. The molecule has 56 heavy (non-hydrogen) atoms. The minimum Gasteiger partial charge on any atom is -1.00 e. The molecule has 3 aliphatic rings. The van der Waals surface area contributed by atoms with Crippen LogP contribution in [0.2, 0.25) is 0 Å². The number of unbranched alkanes of at least 4 members (excludes halogenated alkanes) is 2. The summed E-state index contributed by atoms with van der Waals surface area (Å²) in [5, 5.41) is 7.96. The fourth-order valence-electron chi connectivity index (χ4n) is 8.74. The Morgan fingerprint density at radius 2 is 1.32 bits per heavy atom. The van der Waals surface area contributed by atoms with E-state index in [9.17, 15) is 14.4 Å². The fourth-order valence-corrected chi connectivity index (χ4v) is 8.74. The van der Waals surface area contributed by atoms with Gasteiger partial charge >= 0.3 is 0 Å². The van der Waals surface area contributed by atoms with Gasteiger partial charge in [-0.15, -0.1) is 0 Å². The summed E-state index contributed by atoms with van der Waals surface area (Å²) in [5.41, 5.74) is 7.45. The van der Waals surface area contributed by atoms with Crippen molar-refractivity contribution in [1.29, 1.82) is 0 Å². The predicted octanol–water partition coefficient (Wildman–Crippen LogP) is 5.95. The molecule has 3 amide bonds. The monoisotopic (exact) mass is 766 g/mol. The van der Waals surface area contributed by atoms with E-state index in [1.165, 1.54) is 67.6 Å². The van der Waals surface area contributed by atoms with Gasteiger partial charge in [0, 0.05) is 72.7 Å². The molecule has 0 atom stereocenters. The van der Waals surface area contributed by atoms with E-state index in [0.29, 0.717) is 6.42 Å². The second-order valence-electron chi connectivity index (χ2n) is 15.7. The first-order chi connectivity index (χ1) is 26.5. The highest BCUT2D eigenvalue weighted by Crippen LogP contribution is 2.51. The maximum Gasteiger partial charge on any atom is 0.253 e. The molecule has 0 saturated heterocycles. The highest BCUT2D eigenvalue weighted by atomic mass is 35.5. The molecular formula is C48H51ClN4O3. The molecule has 7 nitrogen and oxygen atoms in total. The van der Waals surface area contributed by atoms with Gasteiger partial charge < -0.3 is 22.6 Å². The van der Waals surface area contributed by atoms with E-state index in [1.807, 2.05) is 0 Å². The van der Waals surface area contributed by atoms with Crippen LogP contribution in [0.25, 0.3) is 21.5 Å². The number of nitrogens with one attached hydrogen (secondary N) is 1.